The van der Waals surface area contributed by atoms with Gasteiger partial charge in [0.15, 0.2) is 0 Å². The minimum atomic E-state index is 0.0298. The van der Waals surface area contributed by atoms with E-state index < -0.39 is 0 Å². The van der Waals surface area contributed by atoms with Crippen LogP contribution in [0.25, 0.3) is 22.0 Å². The molecule has 0 spiro atoms. The molecule has 1 aliphatic rings. The smallest absolute Gasteiger partial charge is 0.261 e. The predicted molar refractivity (Wildman–Crippen MR) is 86.4 cm³/mol. The number of rotatable bonds is 3. The van der Waals surface area contributed by atoms with Crippen LogP contribution in [0, 0.1) is 5.92 Å². The van der Waals surface area contributed by atoms with Crippen molar-refractivity contribution in [2.75, 3.05) is 5.73 Å². The molecule has 0 saturated heterocycles. The molecule has 1 saturated carbocycles. The van der Waals surface area contributed by atoms with Crippen molar-refractivity contribution in [1.82, 2.24) is 14.5 Å². The molecule has 2 aromatic heterocycles. The fourth-order valence-electron chi connectivity index (χ4n) is 2.62. The summed E-state index contributed by atoms with van der Waals surface area (Å²) in [6.45, 7) is 0.773. The van der Waals surface area contributed by atoms with Gasteiger partial charge in [0.25, 0.3) is 5.56 Å². The number of aromatic nitrogens is 3. The molecule has 2 heterocycles. The molecule has 0 bridgehead atoms. The summed E-state index contributed by atoms with van der Waals surface area (Å²) < 4.78 is 1.73. The van der Waals surface area contributed by atoms with Crippen molar-refractivity contribution in [3.63, 3.8) is 0 Å². The molecule has 1 fully saturated rings. The van der Waals surface area contributed by atoms with Gasteiger partial charge >= 0.3 is 0 Å². The topological polar surface area (TPSA) is 73.8 Å². The van der Waals surface area contributed by atoms with Crippen LogP contribution in [0.4, 0.5) is 5.82 Å². The van der Waals surface area contributed by atoms with Crippen LogP contribution in [-0.2, 0) is 6.54 Å². The number of pyridine rings is 1. The zero-order valence-corrected chi connectivity index (χ0v) is 12.1. The molecule has 1 aromatic carbocycles. The Labute approximate surface area is 127 Å². The van der Waals surface area contributed by atoms with Crippen LogP contribution in [0.2, 0.25) is 0 Å². The molecular weight excluding hydrogens is 276 g/mol. The third-order valence-electron chi connectivity index (χ3n) is 4.10. The molecule has 5 nitrogen and oxygen atoms in total. The van der Waals surface area contributed by atoms with Crippen LogP contribution in [0.5, 0.6) is 0 Å². The minimum absolute atomic E-state index is 0.0298. The Bertz CT molecular complexity index is 895. The lowest BCUT2D eigenvalue weighted by Gasteiger charge is -2.07. The van der Waals surface area contributed by atoms with Crippen LogP contribution in [0.1, 0.15) is 12.8 Å². The number of fused-ring (bicyclic) bond motifs is 1. The first-order valence-corrected chi connectivity index (χ1v) is 7.42. The largest absolute Gasteiger partial charge is 0.384 e. The fraction of sp³-hybridized carbons (Fsp3) is 0.235. The van der Waals surface area contributed by atoms with Crippen molar-refractivity contribution in [2.24, 2.45) is 5.92 Å². The maximum absolute atomic E-state index is 12.6. The maximum Gasteiger partial charge on any atom is 0.261 e. The first kappa shape index (κ1) is 13.0. The molecular formula is C17H16N4O. The summed E-state index contributed by atoms with van der Waals surface area (Å²) in [6.07, 6.45) is 5.80. The molecule has 4 rings (SSSR count). The predicted octanol–water partition coefficient (Wildman–Crippen LogP) is 2.45. The van der Waals surface area contributed by atoms with Gasteiger partial charge in [-0.15, -0.1) is 0 Å². The molecule has 0 aliphatic heterocycles. The van der Waals surface area contributed by atoms with Gasteiger partial charge in [0.1, 0.15) is 5.82 Å². The lowest BCUT2D eigenvalue weighted by Crippen LogP contribution is -2.21. The Morgan fingerprint density at radius 3 is 2.68 bits per heavy atom. The van der Waals surface area contributed by atoms with E-state index in [0.29, 0.717) is 17.1 Å². The summed E-state index contributed by atoms with van der Waals surface area (Å²) in [6, 6.07) is 9.38. The second-order valence-corrected chi connectivity index (χ2v) is 5.85. The number of hydrogen-bond acceptors (Lipinski definition) is 4. The molecule has 0 radical (unpaired) electrons. The molecule has 1 aliphatic carbocycles. The average Bonchev–Trinajstić information content (AvgIpc) is 3.35. The van der Waals surface area contributed by atoms with Crippen LogP contribution < -0.4 is 11.3 Å². The van der Waals surface area contributed by atoms with Gasteiger partial charge in [-0.2, -0.15) is 0 Å². The zero-order valence-electron chi connectivity index (χ0n) is 12.1. The van der Waals surface area contributed by atoms with Gasteiger partial charge < -0.3 is 5.73 Å². The van der Waals surface area contributed by atoms with Crippen molar-refractivity contribution in [3.8, 4) is 11.1 Å². The van der Waals surface area contributed by atoms with Crippen LogP contribution >= 0.6 is 0 Å². The molecule has 3 aromatic rings. The van der Waals surface area contributed by atoms with E-state index in [1.165, 1.54) is 12.8 Å². The second kappa shape index (κ2) is 4.94. The van der Waals surface area contributed by atoms with E-state index in [2.05, 4.69) is 9.97 Å². The Kier molecular flexibility index (Phi) is 2.92. The second-order valence-electron chi connectivity index (χ2n) is 5.85. The summed E-state index contributed by atoms with van der Waals surface area (Å²) in [5.41, 5.74) is 8.26. The number of benzene rings is 1. The average molecular weight is 292 g/mol. The summed E-state index contributed by atoms with van der Waals surface area (Å²) in [7, 11) is 0. The van der Waals surface area contributed by atoms with Gasteiger partial charge in [-0.1, -0.05) is 6.07 Å². The molecule has 0 amide bonds. The van der Waals surface area contributed by atoms with Gasteiger partial charge in [-0.05, 0) is 48.6 Å². The summed E-state index contributed by atoms with van der Waals surface area (Å²) in [4.78, 5) is 21.1. The lowest BCUT2D eigenvalue weighted by atomic mass is 10.1. The van der Waals surface area contributed by atoms with Crippen LogP contribution in [0.3, 0.4) is 0 Å². The minimum Gasteiger partial charge on any atom is -0.384 e. The molecule has 0 atom stereocenters. The van der Waals surface area contributed by atoms with Gasteiger partial charge in [0.2, 0.25) is 0 Å². The number of nitrogens with zero attached hydrogens (tertiary/aromatic N) is 3. The molecule has 5 heteroatoms. The normalized spacial score (nSPS) is 14.4. The Balaban J connectivity index is 1.82. The van der Waals surface area contributed by atoms with E-state index in [4.69, 9.17) is 5.73 Å². The van der Waals surface area contributed by atoms with Gasteiger partial charge in [-0.3, -0.25) is 9.36 Å². The van der Waals surface area contributed by atoms with Crippen LogP contribution in [0.15, 0.2) is 47.7 Å². The third-order valence-corrected chi connectivity index (χ3v) is 4.10. The number of hydrogen-bond donors (Lipinski definition) is 1. The van der Waals surface area contributed by atoms with Crippen LogP contribution in [-0.4, -0.2) is 14.5 Å². The van der Waals surface area contributed by atoms with Crippen molar-refractivity contribution in [3.05, 3.63) is 53.2 Å². The van der Waals surface area contributed by atoms with E-state index >= 15 is 0 Å². The highest BCUT2D eigenvalue weighted by atomic mass is 16.1. The monoisotopic (exact) mass is 292 g/mol. The Hall–Kier alpha value is -2.69. The standard InChI is InChI=1S/C17H16N4O/c18-16-6-4-13(8-19-16)12-3-5-15-14(7-12)17(22)21(10-20-15)9-11-1-2-11/h3-8,10-11H,1-2,9H2,(H2,18,19). The van der Waals surface area contributed by atoms with E-state index in [1.54, 1.807) is 23.2 Å². The summed E-state index contributed by atoms with van der Waals surface area (Å²) >= 11 is 0. The van der Waals surface area contributed by atoms with Crippen molar-refractivity contribution >= 4 is 16.7 Å². The quantitative estimate of drug-likeness (QED) is 0.804. The zero-order chi connectivity index (χ0) is 15.1. The Morgan fingerprint density at radius 1 is 1.14 bits per heavy atom. The van der Waals surface area contributed by atoms with Crippen molar-refractivity contribution in [2.45, 2.75) is 19.4 Å². The molecule has 22 heavy (non-hydrogen) atoms. The molecule has 2 N–H and O–H groups in total. The van der Waals surface area contributed by atoms with Gasteiger partial charge in [0.05, 0.1) is 17.2 Å². The highest BCUT2D eigenvalue weighted by Crippen LogP contribution is 2.30. The van der Waals surface area contributed by atoms with Gasteiger partial charge in [-0.25, -0.2) is 9.97 Å². The third kappa shape index (κ3) is 2.35. The first-order chi connectivity index (χ1) is 10.7. The molecule has 0 unspecified atom stereocenters. The van der Waals surface area contributed by atoms with E-state index in [1.807, 2.05) is 24.3 Å². The molecule has 110 valence electrons. The van der Waals surface area contributed by atoms with Gasteiger partial charge in [0, 0.05) is 18.3 Å². The number of nitrogens with two attached hydrogens (primary N) is 1. The van der Waals surface area contributed by atoms with E-state index in [-0.39, 0.29) is 5.56 Å². The highest BCUT2D eigenvalue weighted by molar-refractivity contribution is 5.83. The summed E-state index contributed by atoms with van der Waals surface area (Å²) in [5, 5.41) is 0.650. The number of nitrogen functional groups attached to an aromatic ring is 1. The Morgan fingerprint density at radius 2 is 1.95 bits per heavy atom. The highest BCUT2D eigenvalue weighted by Gasteiger charge is 2.22. The van der Waals surface area contributed by atoms with Crippen molar-refractivity contribution in [1.29, 1.82) is 0 Å². The lowest BCUT2D eigenvalue weighted by molar-refractivity contribution is 0.602. The van der Waals surface area contributed by atoms with E-state index in [0.717, 1.165) is 23.2 Å². The maximum atomic E-state index is 12.6. The van der Waals surface area contributed by atoms with Crippen molar-refractivity contribution < 1.29 is 0 Å². The fourth-order valence-corrected chi connectivity index (χ4v) is 2.62. The summed E-state index contributed by atoms with van der Waals surface area (Å²) in [5.74, 6) is 1.12. The SMILES string of the molecule is Nc1ccc(-c2ccc3ncn(CC4CC4)c(=O)c3c2)cn1. The number of anilines is 1. The van der Waals surface area contributed by atoms with E-state index in [9.17, 15) is 4.79 Å². The first-order valence-electron chi connectivity index (χ1n) is 7.42.